The molecule has 1 aliphatic carbocycles. The summed E-state index contributed by atoms with van der Waals surface area (Å²) in [6.45, 7) is 8.97. The van der Waals surface area contributed by atoms with Crippen LogP contribution in [-0.4, -0.2) is 36.5 Å². The third kappa shape index (κ3) is 3.50. The first-order valence-electron chi connectivity index (χ1n) is 7.95. The van der Waals surface area contributed by atoms with Crippen LogP contribution in [0.5, 0.6) is 0 Å². The molecule has 3 heteroatoms. The molecule has 3 unspecified atom stereocenters. The molecule has 1 aliphatic heterocycles. The summed E-state index contributed by atoms with van der Waals surface area (Å²) in [5, 5.41) is 13.8. The van der Waals surface area contributed by atoms with Crippen LogP contribution in [0.15, 0.2) is 0 Å². The molecule has 0 amide bonds. The predicted octanol–water partition coefficient (Wildman–Crippen LogP) is 2.72. The quantitative estimate of drug-likeness (QED) is 0.824. The van der Waals surface area contributed by atoms with Gasteiger partial charge in [-0.05, 0) is 37.0 Å². The van der Waals surface area contributed by atoms with Crippen molar-refractivity contribution in [1.29, 1.82) is 0 Å². The predicted molar refractivity (Wildman–Crippen MR) is 78.2 cm³/mol. The Bertz CT molecular complexity index is 281. The van der Waals surface area contributed by atoms with Gasteiger partial charge < -0.3 is 15.2 Å². The first-order valence-corrected chi connectivity index (χ1v) is 7.95. The van der Waals surface area contributed by atoms with Gasteiger partial charge in [-0.25, -0.2) is 0 Å². The minimum Gasteiger partial charge on any atom is -0.394 e. The normalized spacial score (nSPS) is 36.6. The van der Waals surface area contributed by atoms with Gasteiger partial charge in [-0.15, -0.1) is 0 Å². The van der Waals surface area contributed by atoms with Crippen LogP contribution in [0, 0.1) is 11.3 Å². The van der Waals surface area contributed by atoms with Gasteiger partial charge in [0.05, 0.1) is 12.7 Å². The van der Waals surface area contributed by atoms with Gasteiger partial charge in [-0.1, -0.05) is 33.6 Å². The smallest absolute Gasteiger partial charge is 0.0700 e. The van der Waals surface area contributed by atoms with E-state index in [1.54, 1.807) is 0 Å². The molecule has 0 aromatic heterocycles. The summed E-state index contributed by atoms with van der Waals surface area (Å²) in [7, 11) is 0. The minimum atomic E-state index is -0.0948. The van der Waals surface area contributed by atoms with Gasteiger partial charge in [-0.2, -0.15) is 0 Å². The molecule has 2 rings (SSSR count). The average Bonchev–Trinajstić information content (AvgIpc) is 2.88. The SMILES string of the molecule is CC(C)(C)C1CCCCC1(CO)NCC1CCCO1. The third-order valence-electron chi connectivity index (χ3n) is 5.07. The number of ether oxygens (including phenoxy) is 1. The van der Waals surface area contributed by atoms with E-state index in [1.165, 1.54) is 25.7 Å². The zero-order chi connectivity index (χ0) is 13.9. The maximum atomic E-state index is 10.0. The highest BCUT2D eigenvalue weighted by molar-refractivity contribution is 5.01. The Morgan fingerprint density at radius 1 is 1.21 bits per heavy atom. The Hall–Kier alpha value is -0.120. The highest BCUT2D eigenvalue weighted by Crippen LogP contribution is 2.44. The molecule has 0 radical (unpaired) electrons. The largest absolute Gasteiger partial charge is 0.394 e. The lowest BCUT2D eigenvalue weighted by Gasteiger charge is -2.50. The van der Waals surface area contributed by atoms with Crippen molar-refractivity contribution >= 4 is 0 Å². The molecule has 112 valence electrons. The number of aliphatic hydroxyl groups is 1. The summed E-state index contributed by atoms with van der Waals surface area (Å²) in [6.07, 6.45) is 7.54. The number of aliphatic hydroxyl groups excluding tert-OH is 1. The van der Waals surface area contributed by atoms with Gasteiger partial charge >= 0.3 is 0 Å². The van der Waals surface area contributed by atoms with Crippen LogP contribution < -0.4 is 5.32 Å². The second-order valence-electron chi connectivity index (χ2n) is 7.49. The summed E-state index contributed by atoms with van der Waals surface area (Å²) in [4.78, 5) is 0. The number of nitrogens with one attached hydrogen (secondary N) is 1. The summed E-state index contributed by atoms with van der Waals surface area (Å²) in [5.41, 5.74) is 0.148. The van der Waals surface area contributed by atoms with Crippen LogP contribution in [0.1, 0.15) is 59.3 Å². The molecule has 1 heterocycles. The van der Waals surface area contributed by atoms with E-state index in [0.29, 0.717) is 12.0 Å². The molecule has 2 aliphatic rings. The van der Waals surface area contributed by atoms with Gasteiger partial charge in [0, 0.05) is 18.7 Å². The summed E-state index contributed by atoms with van der Waals surface area (Å²) in [5.74, 6) is 0.542. The third-order valence-corrected chi connectivity index (χ3v) is 5.07. The maximum absolute atomic E-state index is 10.0. The van der Waals surface area contributed by atoms with Gasteiger partial charge in [0.1, 0.15) is 0 Å². The summed E-state index contributed by atoms with van der Waals surface area (Å²) < 4.78 is 5.71. The lowest BCUT2D eigenvalue weighted by molar-refractivity contribution is -0.00272. The molecule has 3 atom stereocenters. The maximum Gasteiger partial charge on any atom is 0.0700 e. The van der Waals surface area contributed by atoms with Crippen molar-refractivity contribution in [3.05, 3.63) is 0 Å². The van der Waals surface area contributed by atoms with E-state index in [0.717, 1.165) is 26.0 Å². The van der Waals surface area contributed by atoms with Gasteiger partial charge in [0.15, 0.2) is 0 Å². The van der Waals surface area contributed by atoms with Crippen molar-refractivity contribution in [1.82, 2.24) is 5.32 Å². The van der Waals surface area contributed by atoms with Crippen LogP contribution in [0.4, 0.5) is 0 Å². The van der Waals surface area contributed by atoms with E-state index in [2.05, 4.69) is 26.1 Å². The topological polar surface area (TPSA) is 41.5 Å². The zero-order valence-electron chi connectivity index (χ0n) is 12.9. The van der Waals surface area contributed by atoms with Gasteiger partial charge in [0.25, 0.3) is 0 Å². The van der Waals surface area contributed by atoms with Crippen molar-refractivity contribution < 1.29 is 9.84 Å². The van der Waals surface area contributed by atoms with Crippen molar-refractivity contribution in [2.75, 3.05) is 19.8 Å². The molecule has 1 saturated carbocycles. The van der Waals surface area contributed by atoms with Crippen molar-refractivity contribution in [2.24, 2.45) is 11.3 Å². The van der Waals surface area contributed by atoms with E-state index in [-0.39, 0.29) is 17.6 Å². The monoisotopic (exact) mass is 269 g/mol. The molecular formula is C16H31NO2. The van der Waals surface area contributed by atoms with Crippen molar-refractivity contribution in [3.8, 4) is 0 Å². The van der Waals surface area contributed by atoms with Crippen LogP contribution >= 0.6 is 0 Å². The minimum absolute atomic E-state index is 0.0948. The van der Waals surface area contributed by atoms with E-state index in [9.17, 15) is 5.11 Å². The molecule has 0 aromatic rings. The molecule has 19 heavy (non-hydrogen) atoms. The van der Waals surface area contributed by atoms with Crippen LogP contribution in [0.2, 0.25) is 0 Å². The average molecular weight is 269 g/mol. The molecule has 2 N–H and O–H groups in total. The molecule has 0 bridgehead atoms. The Balaban J connectivity index is 2.03. The molecule has 0 aromatic carbocycles. The highest BCUT2D eigenvalue weighted by Gasteiger charge is 2.45. The molecular weight excluding hydrogens is 238 g/mol. The molecule has 1 saturated heterocycles. The molecule has 3 nitrogen and oxygen atoms in total. The zero-order valence-corrected chi connectivity index (χ0v) is 12.9. The van der Waals surface area contributed by atoms with Crippen molar-refractivity contribution in [2.45, 2.75) is 70.9 Å². The van der Waals surface area contributed by atoms with E-state index < -0.39 is 0 Å². The second kappa shape index (κ2) is 6.11. The van der Waals surface area contributed by atoms with Gasteiger partial charge in [-0.3, -0.25) is 0 Å². The Labute approximate surface area is 118 Å². The Kier molecular flexibility index (Phi) is 4.91. The standard InChI is InChI=1S/C16H31NO2/c1-15(2,3)14-8-4-5-9-16(14,12-18)17-11-13-7-6-10-19-13/h13-14,17-18H,4-12H2,1-3H3. The second-order valence-corrected chi connectivity index (χ2v) is 7.49. The first kappa shape index (κ1) is 15.3. The van der Waals surface area contributed by atoms with Crippen LogP contribution in [0.3, 0.4) is 0 Å². The fourth-order valence-electron chi connectivity index (χ4n) is 4.08. The Morgan fingerprint density at radius 3 is 2.58 bits per heavy atom. The van der Waals surface area contributed by atoms with E-state index in [4.69, 9.17) is 4.74 Å². The van der Waals surface area contributed by atoms with Crippen LogP contribution in [-0.2, 0) is 4.74 Å². The van der Waals surface area contributed by atoms with Gasteiger partial charge in [0.2, 0.25) is 0 Å². The highest BCUT2D eigenvalue weighted by atomic mass is 16.5. The van der Waals surface area contributed by atoms with Crippen LogP contribution in [0.25, 0.3) is 0 Å². The fraction of sp³-hybridized carbons (Fsp3) is 1.00. The lowest BCUT2D eigenvalue weighted by atomic mass is 9.62. The molecule has 2 fully saturated rings. The van der Waals surface area contributed by atoms with Crippen molar-refractivity contribution in [3.63, 3.8) is 0 Å². The fourth-order valence-corrected chi connectivity index (χ4v) is 4.08. The number of rotatable bonds is 4. The van der Waals surface area contributed by atoms with E-state index >= 15 is 0 Å². The van der Waals surface area contributed by atoms with E-state index in [1.807, 2.05) is 0 Å². The summed E-state index contributed by atoms with van der Waals surface area (Å²) >= 11 is 0. The summed E-state index contributed by atoms with van der Waals surface area (Å²) in [6, 6.07) is 0. The first-order chi connectivity index (χ1) is 8.98. The Morgan fingerprint density at radius 2 is 2.00 bits per heavy atom. The lowest BCUT2D eigenvalue weighted by Crippen LogP contribution is -2.60. The number of hydrogen-bond donors (Lipinski definition) is 2. The molecule has 0 spiro atoms. The number of hydrogen-bond acceptors (Lipinski definition) is 3.